The van der Waals surface area contributed by atoms with E-state index >= 15 is 0 Å². The number of nitrogens with zero attached hydrogens (tertiary/aromatic N) is 1. The second-order valence-corrected chi connectivity index (χ2v) is 6.29. The maximum Gasteiger partial charge on any atom is 0.435 e. The average molecular weight is 297 g/mol. The van der Waals surface area contributed by atoms with Crippen molar-refractivity contribution in [2.75, 3.05) is 33.9 Å². The first kappa shape index (κ1) is 20.4. The molecule has 8 heteroatoms. The summed E-state index contributed by atoms with van der Waals surface area (Å²) >= 11 is 0. The zero-order chi connectivity index (χ0) is 14.2. The van der Waals surface area contributed by atoms with Crippen LogP contribution in [-0.2, 0) is 24.0 Å². The van der Waals surface area contributed by atoms with E-state index in [-0.39, 0.29) is 29.1 Å². The summed E-state index contributed by atoms with van der Waals surface area (Å²) in [6.07, 6.45) is 3.46. The van der Waals surface area contributed by atoms with Crippen LogP contribution in [0.25, 0.3) is 0 Å². The summed E-state index contributed by atoms with van der Waals surface area (Å²) in [5.74, 6) is -0.482. The zero-order valence-corrected chi connectivity index (χ0v) is 12.6. The lowest BCUT2D eigenvalue weighted by Crippen LogP contribution is -2.48. The number of likely N-dealkylation sites (N-methyl/N-ethyl adjacent to an activating group) is 1. The molecule has 0 amide bonds. The highest BCUT2D eigenvalue weighted by Gasteiger charge is 2.34. The molecule has 0 radical (unpaired) electrons. The number of esters is 1. The number of ether oxygens (including phenoxy) is 1. The van der Waals surface area contributed by atoms with E-state index in [2.05, 4.69) is 0 Å². The number of carbonyl (C=O) groups excluding carboxylic acids is 1. The summed E-state index contributed by atoms with van der Waals surface area (Å²) < 4.78 is 32.9. The van der Waals surface area contributed by atoms with Gasteiger partial charge in [0.2, 0.25) is 0 Å². The Kier molecular flexibility index (Phi) is 9.67. The van der Waals surface area contributed by atoms with Gasteiger partial charge >= 0.3 is 16.3 Å². The predicted molar refractivity (Wildman–Crippen MR) is 69.8 cm³/mol. The molecule has 0 aliphatic heterocycles. The third-order valence-corrected chi connectivity index (χ3v) is 4.08. The van der Waals surface area contributed by atoms with E-state index in [1.165, 1.54) is 20.2 Å². The molecule has 0 fully saturated rings. The molecule has 0 spiro atoms. The quantitative estimate of drug-likeness (QED) is 0.371. The summed E-state index contributed by atoms with van der Waals surface area (Å²) in [5, 5.41) is 0. The minimum absolute atomic E-state index is 0. The first-order valence-electron chi connectivity index (χ1n) is 5.79. The third kappa shape index (κ3) is 7.26. The second-order valence-electron chi connectivity index (χ2n) is 4.21. The number of rotatable bonds is 8. The van der Waals surface area contributed by atoms with E-state index in [9.17, 15) is 13.2 Å². The molecule has 0 atom stereocenters. The minimum atomic E-state index is -3.70. The molecule has 0 aromatic heterocycles. The van der Waals surface area contributed by atoms with Crippen molar-refractivity contribution in [3.63, 3.8) is 0 Å². The molecule has 0 aromatic rings. The molecule has 0 unspecified atom stereocenters. The van der Waals surface area contributed by atoms with Crippen LogP contribution in [-0.4, -0.2) is 57.6 Å². The van der Waals surface area contributed by atoms with Gasteiger partial charge in [0.1, 0.15) is 13.2 Å². The number of allylic oxidation sites excluding steroid dienone is 1. The molecule has 0 aromatic carbocycles. The van der Waals surface area contributed by atoms with Crippen LogP contribution in [0.2, 0.25) is 0 Å². The van der Waals surface area contributed by atoms with Crippen molar-refractivity contribution in [1.29, 1.82) is 0 Å². The molecule has 0 aliphatic rings. The van der Waals surface area contributed by atoms with Crippen molar-refractivity contribution < 1.29 is 31.5 Å². The van der Waals surface area contributed by atoms with Crippen LogP contribution in [0.3, 0.4) is 0 Å². The van der Waals surface area contributed by atoms with Gasteiger partial charge in [0, 0.05) is 6.08 Å². The largest absolute Gasteiger partial charge is 0.870 e. The highest BCUT2D eigenvalue weighted by atomic mass is 32.2. The Morgan fingerprint density at radius 2 is 1.84 bits per heavy atom. The lowest BCUT2D eigenvalue weighted by molar-refractivity contribution is -0.768. The maximum absolute atomic E-state index is 11.8. The van der Waals surface area contributed by atoms with E-state index in [4.69, 9.17) is 8.92 Å². The van der Waals surface area contributed by atoms with Crippen LogP contribution >= 0.6 is 0 Å². The zero-order valence-electron chi connectivity index (χ0n) is 11.8. The Hall–Kier alpha value is -0.960. The fraction of sp³-hybridized carbons (Fsp3) is 0.727. The van der Waals surface area contributed by atoms with Gasteiger partial charge < -0.3 is 10.2 Å². The van der Waals surface area contributed by atoms with Gasteiger partial charge in [-0.2, -0.15) is 3.89 Å². The standard InChI is InChI=1S/C11H22NO5S.H2O/c1-5-7-11(13)16-10-8-12(3,4)18(14,15)17-9-6-2;/h5,7H,6,8-10H2,1-4H3;1H2/q+1;/p-1. The summed E-state index contributed by atoms with van der Waals surface area (Å²) in [7, 11) is -0.715. The fourth-order valence-electron chi connectivity index (χ4n) is 0.993. The van der Waals surface area contributed by atoms with Crippen molar-refractivity contribution in [3.8, 4) is 0 Å². The predicted octanol–water partition coefficient (Wildman–Crippen LogP) is 0.677. The van der Waals surface area contributed by atoms with Crippen LogP contribution < -0.4 is 0 Å². The van der Waals surface area contributed by atoms with E-state index < -0.39 is 16.3 Å². The smallest absolute Gasteiger partial charge is 0.435 e. The van der Waals surface area contributed by atoms with Gasteiger partial charge in [-0.25, -0.2) is 8.98 Å². The highest BCUT2D eigenvalue weighted by Crippen LogP contribution is 2.10. The second kappa shape index (κ2) is 9.03. The lowest BCUT2D eigenvalue weighted by atomic mass is 10.5. The SMILES string of the molecule is CC=CC(=O)OCC[N+](C)(C)S(=O)(=O)OCCC.[OH-]. The van der Waals surface area contributed by atoms with Gasteiger partial charge in [-0.05, 0) is 13.3 Å². The van der Waals surface area contributed by atoms with E-state index in [0.29, 0.717) is 6.42 Å². The van der Waals surface area contributed by atoms with Gasteiger partial charge in [0.05, 0.1) is 20.7 Å². The molecule has 0 rings (SSSR count). The topological polar surface area (TPSA) is 99.7 Å². The van der Waals surface area contributed by atoms with Gasteiger partial charge in [0.25, 0.3) is 0 Å². The first-order valence-corrected chi connectivity index (χ1v) is 7.15. The molecular formula is C11H23NO6S. The Morgan fingerprint density at radius 1 is 1.26 bits per heavy atom. The van der Waals surface area contributed by atoms with Gasteiger partial charge in [-0.3, -0.25) is 0 Å². The molecule has 19 heavy (non-hydrogen) atoms. The van der Waals surface area contributed by atoms with E-state index in [0.717, 1.165) is 0 Å². The van der Waals surface area contributed by atoms with Crippen molar-refractivity contribution in [3.05, 3.63) is 12.2 Å². The average Bonchev–Trinajstić information content (AvgIpc) is 2.26. The highest BCUT2D eigenvalue weighted by molar-refractivity contribution is 7.81. The van der Waals surface area contributed by atoms with Crippen LogP contribution in [0.4, 0.5) is 0 Å². The van der Waals surface area contributed by atoms with Crippen molar-refractivity contribution >= 4 is 16.3 Å². The van der Waals surface area contributed by atoms with Crippen LogP contribution in [0.5, 0.6) is 0 Å². The van der Waals surface area contributed by atoms with E-state index in [1.54, 1.807) is 13.0 Å². The van der Waals surface area contributed by atoms with Crippen LogP contribution in [0, 0.1) is 0 Å². The first-order chi connectivity index (χ1) is 8.27. The fourth-order valence-corrected chi connectivity index (χ4v) is 1.95. The molecule has 0 bridgehead atoms. The summed E-state index contributed by atoms with van der Waals surface area (Å²) in [5.41, 5.74) is 0. The van der Waals surface area contributed by atoms with Gasteiger partial charge in [-0.15, -0.1) is 8.42 Å². The lowest BCUT2D eigenvalue weighted by Gasteiger charge is -2.26. The monoisotopic (exact) mass is 297 g/mol. The molecular weight excluding hydrogens is 274 g/mol. The third-order valence-electron chi connectivity index (χ3n) is 2.22. The van der Waals surface area contributed by atoms with Crippen molar-refractivity contribution in [2.45, 2.75) is 20.3 Å². The number of hydrogen-bond donors (Lipinski definition) is 0. The normalized spacial score (nSPS) is 12.2. The molecule has 1 N–H and O–H groups in total. The maximum atomic E-state index is 11.8. The Bertz CT molecular complexity index is 388. The number of carbonyl (C=O) groups is 1. The molecule has 0 saturated carbocycles. The number of hydrogen-bond acceptors (Lipinski definition) is 6. The molecule has 7 nitrogen and oxygen atoms in total. The molecule has 0 aliphatic carbocycles. The van der Waals surface area contributed by atoms with Crippen LogP contribution in [0.1, 0.15) is 20.3 Å². The molecule has 114 valence electrons. The molecule has 0 heterocycles. The Labute approximate surface area is 115 Å². The number of quaternary nitrogens is 1. The molecule has 0 saturated heterocycles. The summed E-state index contributed by atoms with van der Waals surface area (Å²) in [6.45, 7) is 3.83. The van der Waals surface area contributed by atoms with Crippen molar-refractivity contribution in [1.82, 2.24) is 0 Å². The summed E-state index contributed by atoms with van der Waals surface area (Å²) in [4.78, 5) is 11.1. The Morgan fingerprint density at radius 3 is 2.32 bits per heavy atom. The Balaban J connectivity index is 0. The van der Waals surface area contributed by atoms with Crippen LogP contribution in [0.15, 0.2) is 12.2 Å². The summed E-state index contributed by atoms with van der Waals surface area (Å²) in [6, 6.07) is 0. The van der Waals surface area contributed by atoms with E-state index in [1.807, 2.05) is 6.92 Å². The minimum Gasteiger partial charge on any atom is -0.870 e. The van der Waals surface area contributed by atoms with Crippen molar-refractivity contribution in [2.24, 2.45) is 0 Å². The van der Waals surface area contributed by atoms with Gasteiger partial charge in [0.15, 0.2) is 0 Å². The van der Waals surface area contributed by atoms with Gasteiger partial charge in [-0.1, -0.05) is 13.0 Å².